The summed E-state index contributed by atoms with van der Waals surface area (Å²) in [6, 6.07) is 8.42. The Morgan fingerprint density at radius 3 is 2.67 bits per heavy atom. The Kier molecular flexibility index (Phi) is 4.15. The van der Waals surface area contributed by atoms with Gasteiger partial charge in [-0.25, -0.2) is 4.39 Å². The second-order valence-electron chi connectivity index (χ2n) is 3.92. The Bertz CT molecular complexity index is 577. The van der Waals surface area contributed by atoms with Gasteiger partial charge in [0.1, 0.15) is 0 Å². The van der Waals surface area contributed by atoms with E-state index in [4.69, 9.17) is 11.6 Å². The maximum absolute atomic E-state index is 13.7. The van der Waals surface area contributed by atoms with E-state index in [-0.39, 0.29) is 22.8 Å². The van der Waals surface area contributed by atoms with Crippen molar-refractivity contribution >= 4 is 28.7 Å². The van der Waals surface area contributed by atoms with Gasteiger partial charge in [-0.1, -0.05) is 24.6 Å². The highest BCUT2D eigenvalue weighted by Gasteiger charge is 2.15. The molecule has 0 aliphatic carbocycles. The van der Waals surface area contributed by atoms with Gasteiger partial charge in [-0.2, -0.15) is 0 Å². The SMILES string of the molecule is CCc1ccc(CC(=O)c2cccc(Cl)c2F)s1. The maximum Gasteiger partial charge on any atom is 0.171 e. The van der Waals surface area contributed by atoms with Crippen LogP contribution >= 0.6 is 22.9 Å². The monoisotopic (exact) mass is 282 g/mol. The molecule has 0 saturated heterocycles. The van der Waals surface area contributed by atoms with E-state index in [1.54, 1.807) is 17.4 Å². The second kappa shape index (κ2) is 5.63. The molecule has 0 aliphatic rings. The Balaban J connectivity index is 2.19. The van der Waals surface area contributed by atoms with Crippen molar-refractivity contribution in [1.29, 1.82) is 0 Å². The molecule has 0 amide bonds. The number of ketones is 1. The van der Waals surface area contributed by atoms with E-state index in [1.807, 2.05) is 12.1 Å². The Morgan fingerprint density at radius 2 is 2.00 bits per heavy atom. The molecular formula is C14H12ClFOS. The van der Waals surface area contributed by atoms with Gasteiger partial charge in [-0.15, -0.1) is 11.3 Å². The fraction of sp³-hybridized carbons (Fsp3) is 0.214. The molecule has 1 heterocycles. The van der Waals surface area contributed by atoms with Crippen LogP contribution in [0.5, 0.6) is 0 Å². The summed E-state index contributed by atoms with van der Waals surface area (Å²) in [4.78, 5) is 14.2. The highest BCUT2D eigenvalue weighted by molar-refractivity contribution is 7.12. The minimum absolute atomic E-state index is 0.0127. The standard InChI is InChI=1S/C14H12ClFOS/c1-2-9-6-7-10(18-9)8-13(17)11-4-3-5-12(15)14(11)16/h3-7H,2,8H2,1H3. The molecule has 2 aromatic rings. The van der Waals surface area contributed by atoms with Gasteiger partial charge in [0.05, 0.1) is 10.6 Å². The van der Waals surface area contributed by atoms with Crippen molar-refractivity contribution in [1.82, 2.24) is 0 Å². The molecule has 0 N–H and O–H groups in total. The third-order valence-electron chi connectivity index (χ3n) is 2.65. The Morgan fingerprint density at radius 1 is 1.28 bits per heavy atom. The van der Waals surface area contributed by atoms with E-state index >= 15 is 0 Å². The minimum atomic E-state index is -0.628. The first-order valence-corrected chi connectivity index (χ1v) is 6.86. The zero-order valence-electron chi connectivity index (χ0n) is 9.87. The van der Waals surface area contributed by atoms with Gasteiger partial charge in [-0.3, -0.25) is 4.79 Å². The summed E-state index contributed by atoms with van der Waals surface area (Å²) in [7, 11) is 0. The number of Topliss-reactive ketones (excluding diaryl/α,β-unsaturated/α-hetero) is 1. The van der Waals surface area contributed by atoms with Crippen LogP contribution in [0.25, 0.3) is 0 Å². The summed E-state index contributed by atoms with van der Waals surface area (Å²) in [5, 5.41) is -0.0127. The maximum atomic E-state index is 13.7. The van der Waals surface area contributed by atoms with Crippen LogP contribution in [-0.2, 0) is 12.8 Å². The van der Waals surface area contributed by atoms with Crippen LogP contribution in [0.15, 0.2) is 30.3 Å². The van der Waals surface area contributed by atoms with Crippen LogP contribution in [0.2, 0.25) is 5.02 Å². The van der Waals surface area contributed by atoms with Gasteiger partial charge in [0.25, 0.3) is 0 Å². The van der Waals surface area contributed by atoms with Crippen molar-refractivity contribution in [2.45, 2.75) is 19.8 Å². The van der Waals surface area contributed by atoms with E-state index in [9.17, 15) is 9.18 Å². The van der Waals surface area contributed by atoms with Crippen molar-refractivity contribution in [2.24, 2.45) is 0 Å². The number of thiophene rings is 1. The second-order valence-corrected chi connectivity index (χ2v) is 5.58. The number of carbonyl (C=O) groups excluding carboxylic acids is 1. The first-order chi connectivity index (χ1) is 8.61. The molecule has 0 saturated carbocycles. The number of hydrogen-bond acceptors (Lipinski definition) is 2. The number of rotatable bonds is 4. The minimum Gasteiger partial charge on any atom is -0.294 e. The third-order valence-corrected chi connectivity index (χ3v) is 4.17. The zero-order valence-corrected chi connectivity index (χ0v) is 11.4. The van der Waals surface area contributed by atoms with E-state index in [2.05, 4.69) is 6.92 Å². The molecule has 0 aliphatic heterocycles. The predicted molar refractivity (Wildman–Crippen MR) is 73.1 cm³/mol. The quantitative estimate of drug-likeness (QED) is 0.753. The lowest BCUT2D eigenvalue weighted by Crippen LogP contribution is -2.05. The summed E-state index contributed by atoms with van der Waals surface area (Å²) < 4.78 is 13.7. The van der Waals surface area contributed by atoms with Gasteiger partial charge in [0.2, 0.25) is 0 Å². The lowest BCUT2D eigenvalue weighted by Gasteiger charge is -2.02. The first kappa shape index (κ1) is 13.2. The molecular weight excluding hydrogens is 271 g/mol. The molecule has 4 heteroatoms. The van der Waals surface area contributed by atoms with Gasteiger partial charge in [-0.05, 0) is 30.7 Å². The predicted octanol–water partition coefficient (Wildman–Crippen LogP) is 4.53. The zero-order chi connectivity index (χ0) is 13.1. The van der Waals surface area contributed by atoms with E-state index < -0.39 is 5.82 Å². The summed E-state index contributed by atoms with van der Waals surface area (Å²) >= 11 is 7.25. The molecule has 0 atom stereocenters. The van der Waals surface area contributed by atoms with Gasteiger partial charge in [0.15, 0.2) is 11.6 Å². The number of benzene rings is 1. The van der Waals surface area contributed by atoms with Crippen molar-refractivity contribution < 1.29 is 9.18 Å². The number of hydrogen-bond donors (Lipinski definition) is 0. The van der Waals surface area contributed by atoms with E-state index in [0.29, 0.717) is 0 Å². The smallest absolute Gasteiger partial charge is 0.171 e. The van der Waals surface area contributed by atoms with Gasteiger partial charge in [0, 0.05) is 16.2 Å². The summed E-state index contributed by atoms with van der Waals surface area (Å²) in [6.07, 6.45) is 1.17. The molecule has 2 rings (SSSR count). The summed E-state index contributed by atoms with van der Waals surface area (Å²) in [5.74, 6) is -0.865. The molecule has 1 aromatic carbocycles. The molecule has 0 bridgehead atoms. The van der Waals surface area contributed by atoms with Crippen LogP contribution in [-0.4, -0.2) is 5.78 Å². The van der Waals surface area contributed by atoms with Crippen LogP contribution < -0.4 is 0 Å². The molecule has 1 nitrogen and oxygen atoms in total. The van der Waals surface area contributed by atoms with Crippen LogP contribution in [0.4, 0.5) is 4.39 Å². The van der Waals surface area contributed by atoms with Crippen molar-refractivity contribution in [3.8, 4) is 0 Å². The van der Waals surface area contributed by atoms with Crippen LogP contribution in [0, 0.1) is 5.82 Å². The van der Waals surface area contributed by atoms with Crippen LogP contribution in [0.3, 0.4) is 0 Å². The highest BCUT2D eigenvalue weighted by atomic mass is 35.5. The molecule has 0 fully saturated rings. The van der Waals surface area contributed by atoms with Crippen molar-refractivity contribution in [3.05, 3.63) is 56.5 Å². The topological polar surface area (TPSA) is 17.1 Å². The average molecular weight is 283 g/mol. The lowest BCUT2D eigenvalue weighted by molar-refractivity contribution is 0.0990. The van der Waals surface area contributed by atoms with E-state index in [1.165, 1.54) is 17.0 Å². The molecule has 1 aromatic heterocycles. The van der Waals surface area contributed by atoms with E-state index in [0.717, 1.165) is 11.3 Å². The fourth-order valence-electron chi connectivity index (χ4n) is 1.68. The lowest BCUT2D eigenvalue weighted by atomic mass is 10.1. The highest BCUT2D eigenvalue weighted by Crippen LogP contribution is 2.22. The van der Waals surface area contributed by atoms with Gasteiger partial charge >= 0.3 is 0 Å². The molecule has 0 spiro atoms. The summed E-state index contributed by atoms with van der Waals surface area (Å²) in [6.45, 7) is 2.06. The number of halogens is 2. The molecule has 0 radical (unpaired) electrons. The van der Waals surface area contributed by atoms with Crippen LogP contribution in [0.1, 0.15) is 27.0 Å². The first-order valence-electron chi connectivity index (χ1n) is 5.66. The normalized spacial score (nSPS) is 10.6. The summed E-state index contributed by atoms with van der Waals surface area (Å²) in [5.41, 5.74) is 0.0638. The largest absolute Gasteiger partial charge is 0.294 e. The average Bonchev–Trinajstić information content (AvgIpc) is 2.80. The Labute approximate surface area is 114 Å². The molecule has 0 unspecified atom stereocenters. The van der Waals surface area contributed by atoms with Crippen molar-refractivity contribution in [3.63, 3.8) is 0 Å². The van der Waals surface area contributed by atoms with Gasteiger partial charge < -0.3 is 0 Å². The molecule has 18 heavy (non-hydrogen) atoms. The Hall–Kier alpha value is -1.19. The number of carbonyl (C=O) groups is 1. The number of aryl methyl sites for hydroxylation is 1. The van der Waals surface area contributed by atoms with Crippen molar-refractivity contribution in [2.75, 3.05) is 0 Å². The fourth-order valence-corrected chi connectivity index (χ4v) is 2.81. The molecule has 94 valence electrons. The third kappa shape index (κ3) is 2.79.